The molecule has 0 saturated heterocycles. The predicted octanol–water partition coefficient (Wildman–Crippen LogP) is 1.48. The van der Waals surface area contributed by atoms with E-state index in [9.17, 15) is 4.79 Å². The largest absolute Gasteiger partial charge is 0.299 e. The number of nitrogens with zero attached hydrogens (tertiary/aromatic N) is 3. The molecule has 0 saturated carbocycles. The number of tetrazole rings is 1. The van der Waals surface area contributed by atoms with Crippen molar-refractivity contribution in [3.8, 4) is 0 Å². The number of aromatic amines is 1. The predicted molar refractivity (Wildman–Crippen MR) is 56.3 cm³/mol. The van der Waals surface area contributed by atoms with E-state index in [1.807, 2.05) is 27.7 Å². The second kappa shape index (κ2) is 3.72. The van der Waals surface area contributed by atoms with Gasteiger partial charge in [0.2, 0.25) is 0 Å². The van der Waals surface area contributed by atoms with Gasteiger partial charge in [0, 0.05) is 10.8 Å². The summed E-state index contributed by atoms with van der Waals surface area (Å²) < 4.78 is 0. The van der Waals surface area contributed by atoms with E-state index in [1.165, 1.54) is 0 Å². The van der Waals surface area contributed by atoms with Gasteiger partial charge < -0.3 is 0 Å². The van der Waals surface area contributed by atoms with Crippen molar-refractivity contribution < 1.29 is 4.79 Å². The molecule has 84 valence electrons. The maximum atomic E-state index is 11.5. The highest BCUT2D eigenvalue weighted by Crippen LogP contribution is 2.35. The topological polar surface area (TPSA) is 71.5 Å². The van der Waals surface area contributed by atoms with Crippen molar-refractivity contribution in [2.75, 3.05) is 0 Å². The Hall–Kier alpha value is -1.26. The summed E-state index contributed by atoms with van der Waals surface area (Å²) in [4.78, 5) is 11.5. The van der Waals surface area contributed by atoms with Crippen LogP contribution in [0.2, 0.25) is 0 Å². The molecule has 1 N–H and O–H groups in total. The van der Waals surface area contributed by atoms with Gasteiger partial charge in [0.05, 0.1) is 0 Å². The second-order valence-electron chi connectivity index (χ2n) is 5.25. The second-order valence-corrected chi connectivity index (χ2v) is 5.25. The molecule has 0 aromatic carbocycles. The monoisotopic (exact) mass is 210 g/mol. The molecule has 1 aromatic rings. The summed E-state index contributed by atoms with van der Waals surface area (Å²) >= 11 is 0. The molecular formula is C10H18N4O. The van der Waals surface area contributed by atoms with E-state index in [1.54, 1.807) is 6.92 Å². The third-order valence-corrected chi connectivity index (χ3v) is 2.82. The van der Waals surface area contributed by atoms with Crippen molar-refractivity contribution in [1.29, 1.82) is 0 Å². The van der Waals surface area contributed by atoms with Crippen LogP contribution in [0.25, 0.3) is 0 Å². The highest BCUT2D eigenvalue weighted by atomic mass is 16.1. The van der Waals surface area contributed by atoms with E-state index in [2.05, 4.69) is 20.6 Å². The van der Waals surface area contributed by atoms with Gasteiger partial charge in [0.25, 0.3) is 0 Å². The Morgan fingerprint density at radius 3 is 2.33 bits per heavy atom. The Morgan fingerprint density at radius 2 is 1.93 bits per heavy atom. The number of nitrogens with one attached hydrogen (secondary N) is 1. The molecule has 5 heteroatoms. The molecule has 0 unspecified atom stereocenters. The molecule has 1 heterocycles. The average molecular weight is 210 g/mol. The Bertz CT molecular complexity index is 340. The molecule has 0 aliphatic heterocycles. The zero-order valence-corrected chi connectivity index (χ0v) is 9.96. The lowest BCUT2D eigenvalue weighted by Gasteiger charge is -2.31. The number of hydrogen-bond acceptors (Lipinski definition) is 4. The highest BCUT2D eigenvalue weighted by Gasteiger charge is 2.35. The first-order valence-corrected chi connectivity index (χ1v) is 5.01. The summed E-state index contributed by atoms with van der Waals surface area (Å²) in [5, 5.41) is 13.8. The van der Waals surface area contributed by atoms with E-state index in [0.29, 0.717) is 6.42 Å². The maximum Gasteiger partial charge on any atom is 0.154 e. The first-order valence-electron chi connectivity index (χ1n) is 5.01. The number of hydrogen-bond donors (Lipinski definition) is 1. The van der Waals surface area contributed by atoms with Crippen molar-refractivity contribution in [2.45, 2.75) is 46.5 Å². The molecule has 0 fully saturated rings. The van der Waals surface area contributed by atoms with Crippen molar-refractivity contribution in [2.24, 2.45) is 5.41 Å². The van der Waals surface area contributed by atoms with E-state index < -0.39 is 0 Å². The van der Waals surface area contributed by atoms with Gasteiger partial charge in [-0.3, -0.25) is 4.79 Å². The van der Waals surface area contributed by atoms with Gasteiger partial charge >= 0.3 is 0 Å². The smallest absolute Gasteiger partial charge is 0.154 e. The standard InChI is InChI=1S/C10H18N4O/c1-7(15)9(2,3)6-10(4,5)8-11-13-14-12-8/h6H2,1-5H3,(H,11,12,13,14). The summed E-state index contributed by atoms with van der Waals surface area (Å²) in [6, 6.07) is 0. The summed E-state index contributed by atoms with van der Waals surface area (Å²) in [6.45, 7) is 9.57. The van der Waals surface area contributed by atoms with Gasteiger partial charge in [-0.15, -0.1) is 5.10 Å². The lowest BCUT2D eigenvalue weighted by molar-refractivity contribution is -0.125. The minimum absolute atomic E-state index is 0.183. The Kier molecular flexibility index (Phi) is 2.93. The van der Waals surface area contributed by atoms with Gasteiger partial charge in [-0.2, -0.15) is 0 Å². The molecule has 0 spiro atoms. The van der Waals surface area contributed by atoms with E-state index in [-0.39, 0.29) is 16.6 Å². The fourth-order valence-electron chi connectivity index (χ4n) is 1.76. The van der Waals surface area contributed by atoms with Crippen molar-refractivity contribution in [3.05, 3.63) is 5.82 Å². The van der Waals surface area contributed by atoms with Gasteiger partial charge in [0.15, 0.2) is 5.82 Å². The van der Waals surface area contributed by atoms with Crippen LogP contribution < -0.4 is 0 Å². The quantitative estimate of drug-likeness (QED) is 0.817. The first-order chi connectivity index (χ1) is 6.76. The summed E-state index contributed by atoms with van der Waals surface area (Å²) in [5.74, 6) is 0.903. The van der Waals surface area contributed by atoms with Crippen LogP contribution in [-0.4, -0.2) is 26.4 Å². The van der Waals surface area contributed by atoms with Crippen LogP contribution in [0.5, 0.6) is 0 Å². The fourth-order valence-corrected chi connectivity index (χ4v) is 1.76. The maximum absolute atomic E-state index is 11.5. The van der Waals surface area contributed by atoms with Crippen LogP contribution in [0, 0.1) is 5.41 Å². The van der Waals surface area contributed by atoms with E-state index in [4.69, 9.17) is 0 Å². The average Bonchev–Trinajstić information content (AvgIpc) is 2.53. The first kappa shape index (κ1) is 11.8. The normalized spacial score (nSPS) is 12.9. The number of Topliss-reactive ketones (excluding diaryl/α,β-unsaturated/α-hetero) is 1. The molecule has 5 nitrogen and oxygen atoms in total. The van der Waals surface area contributed by atoms with Crippen molar-refractivity contribution in [3.63, 3.8) is 0 Å². The molecule has 1 rings (SSSR count). The zero-order chi connectivity index (χ0) is 11.7. The molecule has 0 bridgehead atoms. The number of aromatic nitrogens is 4. The van der Waals surface area contributed by atoms with Crippen LogP contribution in [0.3, 0.4) is 0 Å². The van der Waals surface area contributed by atoms with Crippen molar-refractivity contribution in [1.82, 2.24) is 20.6 Å². The highest BCUT2D eigenvalue weighted by molar-refractivity contribution is 5.81. The number of rotatable bonds is 4. The minimum Gasteiger partial charge on any atom is -0.299 e. The lowest BCUT2D eigenvalue weighted by Crippen LogP contribution is -2.32. The molecule has 1 aromatic heterocycles. The van der Waals surface area contributed by atoms with Gasteiger partial charge in [-0.1, -0.05) is 27.7 Å². The summed E-state index contributed by atoms with van der Waals surface area (Å²) in [7, 11) is 0. The molecule has 0 amide bonds. The minimum atomic E-state index is -0.351. The molecule has 0 radical (unpaired) electrons. The van der Waals surface area contributed by atoms with E-state index >= 15 is 0 Å². The van der Waals surface area contributed by atoms with Gasteiger partial charge in [0.1, 0.15) is 5.78 Å². The summed E-state index contributed by atoms with van der Waals surface area (Å²) in [6.07, 6.45) is 0.714. The Morgan fingerprint density at radius 1 is 1.33 bits per heavy atom. The number of carbonyl (C=O) groups is 1. The molecule has 0 aliphatic carbocycles. The van der Waals surface area contributed by atoms with E-state index in [0.717, 1.165) is 5.82 Å². The lowest BCUT2D eigenvalue weighted by atomic mass is 9.73. The SMILES string of the molecule is CC(=O)C(C)(C)CC(C)(C)c1nnn[nH]1. The molecular weight excluding hydrogens is 192 g/mol. The number of carbonyl (C=O) groups excluding carboxylic acids is 1. The van der Waals surface area contributed by atoms with Crippen LogP contribution in [0.15, 0.2) is 0 Å². The molecule has 0 aliphatic rings. The number of H-pyrrole nitrogens is 1. The molecule has 0 atom stereocenters. The van der Waals surface area contributed by atoms with Gasteiger partial charge in [-0.05, 0) is 23.8 Å². The fraction of sp³-hybridized carbons (Fsp3) is 0.800. The van der Waals surface area contributed by atoms with Gasteiger partial charge in [-0.25, -0.2) is 5.10 Å². The van der Waals surface area contributed by atoms with Crippen LogP contribution in [0.4, 0.5) is 0 Å². The zero-order valence-electron chi connectivity index (χ0n) is 9.96. The summed E-state index contributed by atoms with van der Waals surface area (Å²) in [5.41, 5.74) is -0.574. The third-order valence-electron chi connectivity index (χ3n) is 2.82. The van der Waals surface area contributed by atoms with Crippen molar-refractivity contribution >= 4 is 5.78 Å². The van der Waals surface area contributed by atoms with Crippen LogP contribution in [-0.2, 0) is 10.2 Å². The molecule has 15 heavy (non-hydrogen) atoms. The Labute approximate surface area is 89.7 Å². The third kappa shape index (κ3) is 2.61. The van der Waals surface area contributed by atoms with Crippen LogP contribution in [0.1, 0.15) is 46.9 Å². The van der Waals surface area contributed by atoms with Crippen LogP contribution >= 0.6 is 0 Å². The number of ketones is 1. The Balaban J connectivity index is 2.86.